The lowest BCUT2D eigenvalue weighted by Gasteiger charge is -2.40. The molecule has 3 nitrogen and oxygen atoms in total. The summed E-state index contributed by atoms with van der Waals surface area (Å²) in [6.07, 6.45) is 1.17. The van der Waals surface area contributed by atoms with Gasteiger partial charge in [-0.1, -0.05) is 6.92 Å². The van der Waals surface area contributed by atoms with Crippen LogP contribution < -0.4 is 5.73 Å². The summed E-state index contributed by atoms with van der Waals surface area (Å²) >= 11 is 0. The fourth-order valence-electron chi connectivity index (χ4n) is 2.16. The van der Waals surface area contributed by atoms with Gasteiger partial charge in [0.15, 0.2) is 0 Å². The summed E-state index contributed by atoms with van der Waals surface area (Å²) in [6, 6.07) is 2.75. The average Bonchev–Trinajstić information content (AvgIpc) is 2.10. The van der Waals surface area contributed by atoms with Crippen LogP contribution in [0.25, 0.3) is 0 Å². The Morgan fingerprint density at radius 1 is 1.54 bits per heavy atom. The Kier molecular flexibility index (Phi) is 3.71. The quantitative estimate of drug-likeness (QED) is 0.641. The molecule has 0 bridgehead atoms. The van der Waals surface area contributed by atoms with Crippen molar-refractivity contribution in [2.45, 2.75) is 26.3 Å². The van der Waals surface area contributed by atoms with Crippen LogP contribution in [0.5, 0.6) is 0 Å². The van der Waals surface area contributed by atoms with Gasteiger partial charge in [-0.25, -0.2) is 0 Å². The number of nitrogens with zero attached hydrogens (tertiary/aromatic N) is 2. The maximum Gasteiger partial charge on any atom is 0.0868 e. The molecule has 1 aliphatic rings. The smallest absolute Gasteiger partial charge is 0.0868 e. The number of piperidine rings is 1. The van der Waals surface area contributed by atoms with Gasteiger partial charge >= 0.3 is 0 Å². The molecule has 0 spiro atoms. The molecule has 1 heterocycles. The molecule has 74 valence electrons. The van der Waals surface area contributed by atoms with Crippen molar-refractivity contribution in [3.63, 3.8) is 0 Å². The Bertz CT molecular complexity index is 197. The summed E-state index contributed by atoms with van der Waals surface area (Å²) in [5, 5.41) is 8.64. The number of hydrogen-bond donors (Lipinski definition) is 1. The fourth-order valence-corrected chi connectivity index (χ4v) is 2.16. The molecule has 1 rings (SSSR count). The lowest BCUT2D eigenvalue weighted by Crippen LogP contribution is -2.47. The van der Waals surface area contributed by atoms with Crippen LogP contribution in [0.4, 0.5) is 0 Å². The van der Waals surface area contributed by atoms with Crippen molar-refractivity contribution in [1.82, 2.24) is 4.90 Å². The Hall–Kier alpha value is -0.590. The summed E-state index contributed by atoms with van der Waals surface area (Å²) in [6.45, 7) is 6.74. The largest absolute Gasteiger partial charge is 0.330 e. The Balaban J connectivity index is 2.54. The normalized spacial score (nSPS) is 35.7. The second-order valence-corrected chi connectivity index (χ2v) is 4.15. The fraction of sp³-hybridized carbons (Fsp3) is 0.900. The summed E-state index contributed by atoms with van der Waals surface area (Å²) in [5.41, 5.74) is 5.69. The molecule has 0 aliphatic carbocycles. The van der Waals surface area contributed by atoms with E-state index in [1.54, 1.807) is 0 Å². The van der Waals surface area contributed by atoms with Crippen molar-refractivity contribution in [3.8, 4) is 6.07 Å². The van der Waals surface area contributed by atoms with Crippen molar-refractivity contribution in [3.05, 3.63) is 0 Å². The van der Waals surface area contributed by atoms with E-state index >= 15 is 0 Å². The van der Waals surface area contributed by atoms with Crippen LogP contribution in [0, 0.1) is 23.2 Å². The van der Waals surface area contributed by atoms with Crippen molar-refractivity contribution >= 4 is 0 Å². The predicted octanol–water partition coefficient (Wildman–Crippen LogP) is 0.815. The maximum absolute atomic E-state index is 8.64. The Labute approximate surface area is 80.5 Å². The van der Waals surface area contributed by atoms with Gasteiger partial charge in [-0.2, -0.15) is 5.26 Å². The van der Waals surface area contributed by atoms with Crippen molar-refractivity contribution in [1.29, 1.82) is 5.26 Å². The van der Waals surface area contributed by atoms with E-state index in [-0.39, 0.29) is 0 Å². The van der Waals surface area contributed by atoms with Gasteiger partial charge in [-0.3, -0.25) is 4.90 Å². The number of likely N-dealkylation sites (tertiary alicyclic amines) is 1. The van der Waals surface area contributed by atoms with Gasteiger partial charge in [0, 0.05) is 12.6 Å². The third kappa shape index (κ3) is 2.43. The molecule has 0 aromatic carbocycles. The molecule has 0 saturated carbocycles. The summed E-state index contributed by atoms with van der Waals surface area (Å²) in [4.78, 5) is 2.23. The van der Waals surface area contributed by atoms with Crippen LogP contribution in [0.2, 0.25) is 0 Å². The summed E-state index contributed by atoms with van der Waals surface area (Å²) in [5.74, 6) is 1.28. The minimum atomic E-state index is 0.539. The van der Waals surface area contributed by atoms with Gasteiger partial charge in [-0.05, 0) is 31.7 Å². The molecule has 0 aromatic heterocycles. The zero-order chi connectivity index (χ0) is 9.84. The third-order valence-corrected chi connectivity index (χ3v) is 3.19. The average molecular weight is 181 g/mol. The minimum Gasteiger partial charge on any atom is -0.330 e. The van der Waals surface area contributed by atoms with E-state index in [4.69, 9.17) is 11.0 Å². The molecule has 0 aromatic rings. The molecule has 1 saturated heterocycles. The van der Waals surface area contributed by atoms with Gasteiger partial charge < -0.3 is 5.73 Å². The van der Waals surface area contributed by atoms with Gasteiger partial charge in [0.2, 0.25) is 0 Å². The second kappa shape index (κ2) is 4.59. The molecule has 3 unspecified atom stereocenters. The molecule has 3 atom stereocenters. The van der Waals surface area contributed by atoms with E-state index in [1.807, 2.05) is 0 Å². The first-order chi connectivity index (χ1) is 6.19. The van der Waals surface area contributed by atoms with Crippen LogP contribution in [0.3, 0.4) is 0 Å². The molecule has 1 aliphatic heterocycles. The standard InChI is InChI=1S/C10H19N3/c1-8-5-9(2)13(4-3-11)7-10(8)6-12/h8-10H,4-7,12H2,1-2H3. The first-order valence-electron chi connectivity index (χ1n) is 5.00. The number of nitrogens with two attached hydrogens (primary N) is 1. The van der Waals surface area contributed by atoms with Gasteiger partial charge in [0.1, 0.15) is 0 Å². The van der Waals surface area contributed by atoms with Crippen molar-refractivity contribution in [2.24, 2.45) is 17.6 Å². The van der Waals surface area contributed by atoms with E-state index in [0.29, 0.717) is 24.4 Å². The van der Waals surface area contributed by atoms with Gasteiger partial charge in [0.05, 0.1) is 12.6 Å². The first-order valence-corrected chi connectivity index (χ1v) is 5.00. The number of hydrogen-bond acceptors (Lipinski definition) is 3. The number of rotatable bonds is 2. The summed E-state index contributed by atoms with van der Waals surface area (Å²) in [7, 11) is 0. The first kappa shape index (κ1) is 10.5. The molecular weight excluding hydrogens is 162 g/mol. The molecule has 1 fully saturated rings. The van der Waals surface area contributed by atoms with E-state index in [9.17, 15) is 0 Å². The zero-order valence-corrected chi connectivity index (χ0v) is 8.53. The highest BCUT2D eigenvalue weighted by molar-refractivity contribution is 4.88. The zero-order valence-electron chi connectivity index (χ0n) is 8.53. The Morgan fingerprint density at radius 2 is 2.23 bits per heavy atom. The molecule has 0 amide bonds. The van der Waals surface area contributed by atoms with Crippen LogP contribution in [0.15, 0.2) is 0 Å². The highest BCUT2D eigenvalue weighted by Gasteiger charge is 2.29. The van der Waals surface area contributed by atoms with E-state index in [0.717, 1.165) is 13.1 Å². The van der Waals surface area contributed by atoms with Crippen LogP contribution in [-0.4, -0.2) is 30.6 Å². The van der Waals surface area contributed by atoms with Crippen LogP contribution in [0.1, 0.15) is 20.3 Å². The minimum absolute atomic E-state index is 0.539. The summed E-state index contributed by atoms with van der Waals surface area (Å²) < 4.78 is 0. The Morgan fingerprint density at radius 3 is 2.77 bits per heavy atom. The van der Waals surface area contributed by atoms with Gasteiger partial charge in [-0.15, -0.1) is 0 Å². The number of nitriles is 1. The third-order valence-electron chi connectivity index (χ3n) is 3.19. The highest BCUT2D eigenvalue weighted by Crippen LogP contribution is 2.26. The lowest BCUT2D eigenvalue weighted by atomic mass is 9.84. The van der Waals surface area contributed by atoms with Gasteiger partial charge in [0.25, 0.3) is 0 Å². The molecule has 13 heavy (non-hydrogen) atoms. The maximum atomic E-state index is 8.64. The lowest BCUT2D eigenvalue weighted by molar-refractivity contribution is 0.0940. The monoisotopic (exact) mass is 181 g/mol. The van der Waals surface area contributed by atoms with Crippen molar-refractivity contribution in [2.75, 3.05) is 19.6 Å². The van der Waals surface area contributed by atoms with E-state index < -0.39 is 0 Å². The molecular formula is C10H19N3. The topological polar surface area (TPSA) is 53.0 Å². The SMILES string of the molecule is CC1CC(C)N(CC#N)CC1CN. The van der Waals surface area contributed by atoms with Crippen LogP contribution >= 0.6 is 0 Å². The van der Waals surface area contributed by atoms with E-state index in [2.05, 4.69) is 24.8 Å². The molecule has 2 N–H and O–H groups in total. The van der Waals surface area contributed by atoms with E-state index in [1.165, 1.54) is 6.42 Å². The highest BCUT2D eigenvalue weighted by atomic mass is 15.2. The van der Waals surface area contributed by atoms with Crippen LogP contribution in [-0.2, 0) is 0 Å². The molecule has 0 radical (unpaired) electrons. The molecule has 3 heteroatoms. The predicted molar refractivity (Wildman–Crippen MR) is 53.0 cm³/mol. The van der Waals surface area contributed by atoms with Crippen molar-refractivity contribution < 1.29 is 0 Å². The second-order valence-electron chi connectivity index (χ2n) is 4.15.